The topological polar surface area (TPSA) is 75.6 Å². The monoisotopic (exact) mass is 481 g/mol. The average molecular weight is 480 g/mol. The normalized spacial score (nSPS) is 14.2. The number of hydrogen-bond acceptors (Lipinski definition) is 3. The van der Waals surface area contributed by atoms with Crippen LogP contribution < -0.4 is 9.78 Å². The van der Waals surface area contributed by atoms with Gasteiger partial charge in [-0.05, 0) is 0 Å². The quantitative estimate of drug-likeness (QED) is 0.505. The Bertz CT molecular complexity index is 1040. The molecular formula is C25H23NO4Se. The molecule has 1 aliphatic carbocycles. The minimum absolute atomic E-state index is 0.0626. The Labute approximate surface area is 187 Å². The van der Waals surface area contributed by atoms with E-state index in [1.54, 1.807) is 0 Å². The Kier molecular flexibility index (Phi) is 6.40. The van der Waals surface area contributed by atoms with E-state index in [0.29, 0.717) is 0 Å². The third-order valence-electron chi connectivity index (χ3n) is 5.42. The fourth-order valence-corrected chi connectivity index (χ4v) is 6.16. The van der Waals surface area contributed by atoms with Crippen molar-refractivity contribution in [3.8, 4) is 11.1 Å². The van der Waals surface area contributed by atoms with Gasteiger partial charge < -0.3 is 0 Å². The summed E-state index contributed by atoms with van der Waals surface area (Å²) in [5, 5.41) is 12.2. The van der Waals surface area contributed by atoms with Crippen molar-refractivity contribution in [2.75, 3.05) is 6.61 Å². The molecule has 1 amide bonds. The second-order valence-corrected chi connectivity index (χ2v) is 10.5. The van der Waals surface area contributed by atoms with Gasteiger partial charge in [0.15, 0.2) is 0 Å². The molecule has 6 heteroatoms. The Hall–Kier alpha value is -3.08. The SMILES string of the molecule is C[C@H]([Se]c1ccccc1)[C@H](NC(=O)OCC1c2ccccc2-c2ccccc21)C(=O)O. The van der Waals surface area contributed by atoms with Gasteiger partial charge in [-0.1, -0.05) is 0 Å². The third kappa shape index (κ3) is 4.66. The van der Waals surface area contributed by atoms with Gasteiger partial charge in [-0.2, -0.15) is 0 Å². The maximum absolute atomic E-state index is 12.5. The zero-order valence-corrected chi connectivity index (χ0v) is 18.7. The van der Waals surface area contributed by atoms with Crippen molar-refractivity contribution in [2.24, 2.45) is 0 Å². The van der Waals surface area contributed by atoms with Crippen LogP contribution in [-0.4, -0.2) is 44.8 Å². The second-order valence-electron chi connectivity index (χ2n) is 7.42. The molecule has 158 valence electrons. The minimum atomic E-state index is -1.06. The van der Waals surface area contributed by atoms with Crippen LogP contribution in [0.5, 0.6) is 0 Å². The molecule has 0 heterocycles. The van der Waals surface area contributed by atoms with Gasteiger partial charge in [0, 0.05) is 0 Å². The van der Waals surface area contributed by atoms with Gasteiger partial charge in [0.1, 0.15) is 0 Å². The van der Waals surface area contributed by atoms with E-state index in [4.69, 9.17) is 4.74 Å². The molecule has 0 aromatic heterocycles. The number of ether oxygens (including phenoxy) is 1. The number of carboxylic acids is 1. The molecular weight excluding hydrogens is 457 g/mol. The van der Waals surface area contributed by atoms with E-state index >= 15 is 0 Å². The molecule has 0 saturated carbocycles. The summed E-state index contributed by atoms with van der Waals surface area (Å²) in [6.45, 7) is 2.00. The van der Waals surface area contributed by atoms with Crippen molar-refractivity contribution in [3.63, 3.8) is 0 Å². The second kappa shape index (κ2) is 9.38. The predicted octanol–water partition coefficient (Wildman–Crippen LogP) is 3.82. The number of carbonyl (C=O) groups excluding carboxylic acids is 1. The van der Waals surface area contributed by atoms with Crippen LogP contribution in [0.1, 0.15) is 24.0 Å². The van der Waals surface area contributed by atoms with Crippen LogP contribution in [0.2, 0.25) is 4.82 Å². The summed E-state index contributed by atoms with van der Waals surface area (Å²) in [6.07, 6.45) is -0.704. The maximum atomic E-state index is 12.5. The number of aliphatic carboxylic acids is 1. The van der Waals surface area contributed by atoms with Crippen LogP contribution in [0.25, 0.3) is 11.1 Å². The van der Waals surface area contributed by atoms with Gasteiger partial charge in [0.2, 0.25) is 0 Å². The molecule has 4 rings (SSSR count). The number of carboxylic acid groups (broad SMARTS) is 1. The van der Waals surface area contributed by atoms with Crippen molar-refractivity contribution in [1.29, 1.82) is 0 Å². The Morgan fingerprint density at radius 2 is 1.48 bits per heavy atom. The summed E-state index contributed by atoms with van der Waals surface area (Å²) >= 11 is -0.0963. The van der Waals surface area contributed by atoms with E-state index in [0.717, 1.165) is 26.7 Å². The number of carbonyl (C=O) groups is 2. The number of hydrogen-bond donors (Lipinski definition) is 2. The van der Waals surface area contributed by atoms with Gasteiger partial charge in [0.25, 0.3) is 0 Å². The summed E-state index contributed by atoms with van der Waals surface area (Å²) in [4.78, 5) is 24.1. The van der Waals surface area contributed by atoms with Crippen molar-refractivity contribution < 1.29 is 19.4 Å². The fraction of sp³-hybridized carbons (Fsp3) is 0.200. The molecule has 2 N–H and O–H groups in total. The van der Waals surface area contributed by atoms with Crippen LogP contribution >= 0.6 is 0 Å². The molecule has 2 atom stereocenters. The third-order valence-corrected chi connectivity index (χ3v) is 7.91. The van der Waals surface area contributed by atoms with E-state index in [1.807, 2.05) is 73.7 Å². The number of nitrogens with one attached hydrogen (secondary N) is 1. The Morgan fingerprint density at radius 1 is 0.935 bits per heavy atom. The first kappa shape index (κ1) is 21.2. The molecule has 0 fully saturated rings. The van der Waals surface area contributed by atoms with E-state index in [2.05, 4.69) is 17.4 Å². The molecule has 0 spiro atoms. The molecule has 0 aliphatic heterocycles. The molecule has 0 radical (unpaired) electrons. The van der Waals surface area contributed by atoms with E-state index in [9.17, 15) is 14.7 Å². The van der Waals surface area contributed by atoms with Crippen molar-refractivity contribution >= 4 is 31.5 Å². The molecule has 0 saturated heterocycles. The van der Waals surface area contributed by atoms with Gasteiger partial charge in [0.05, 0.1) is 0 Å². The van der Waals surface area contributed by atoms with Crippen LogP contribution in [0, 0.1) is 0 Å². The molecule has 1 aliphatic rings. The summed E-state index contributed by atoms with van der Waals surface area (Å²) in [5.41, 5.74) is 4.53. The number of fused-ring (bicyclic) bond motifs is 3. The first-order valence-electron chi connectivity index (χ1n) is 10.1. The fourth-order valence-electron chi connectivity index (χ4n) is 3.93. The predicted molar refractivity (Wildman–Crippen MR) is 121 cm³/mol. The van der Waals surface area contributed by atoms with Gasteiger partial charge in [-0.25, -0.2) is 0 Å². The van der Waals surface area contributed by atoms with Crippen molar-refractivity contribution in [1.82, 2.24) is 5.32 Å². The van der Waals surface area contributed by atoms with Crippen LogP contribution in [0.4, 0.5) is 4.79 Å². The van der Waals surface area contributed by atoms with Crippen LogP contribution in [-0.2, 0) is 9.53 Å². The molecule has 31 heavy (non-hydrogen) atoms. The van der Waals surface area contributed by atoms with Gasteiger partial charge in [-0.15, -0.1) is 0 Å². The van der Waals surface area contributed by atoms with E-state index in [-0.39, 0.29) is 32.3 Å². The van der Waals surface area contributed by atoms with Gasteiger partial charge in [-0.3, -0.25) is 0 Å². The molecule has 3 aromatic rings. The van der Waals surface area contributed by atoms with E-state index in [1.165, 1.54) is 0 Å². The molecule has 3 aromatic carbocycles. The van der Waals surface area contributed by atoms with Crippen LogP contribution in [0.15, 0.2) is 78.9 Å². The zero-order chi connectivity index (χ0) is 21.8. The molecule has 0 bridgehead atoms. The summed E-state index contributed by atoms with van der Waals surface area (Å²) in [5.74, 6) is -1.12. The number of alkyl carbamates (subject to hydrolysis) is 1. The average Bonchev–Trinajstić information content (AvgIpc) is 3.10. The zero-order valence-electron chi connectivity index (χ0n) is 17.0. The summed E-state index contributed by atoms with van der Waals surface area (Å²) in [6, 6.07) is 24.9. The summed E-state index contributed by atoms with van der Waals surface area (Å²) in [7, 11) is 0. The van der Waals surface area contributed by atoms with Crippen LogP contribution in [0.3, 0.4) is 0 Å². The number of rotatable bonds is 7. The summed E-state index contributed by atoms with van der Waals surface area (Å²) < 4.78 is 6.60. The van der Waals surface area contributed by atoms with Gasteiger partial charge >= 0.3 is 188 Å². The number of benzene rings is 3. The van der Waals surface area contributed by atoms with Crippen molar-refractivity contribution in [3.05, 3.63) is 90.0 Å². The first-order valence-corrected chi connectivity index (χ1v) is 11.9. The molecule has 0 unspecified atom stereocenters. The van der Waals surface area contributed by atoms with E-state index < -0.39 is 18.1 Å². The Morgan fingerprint density at radius 3 is 2.06 bits per heavy atom. The number of amides is 1. The first-order chi connectivity index (χ1) is 15.0. The molecule has 5 nitrogen and oxygen atoms in total. The standard InChI is InChI=1S/C25H23NO4Se/c1-16(31-17-9-3-2-4-10-17)23(24(27)28)26-25(29)30-15-22-20-13-7-5-11-18(20)19-12-6-8-14-21(19)22/h2-14,16,22-23H,15H2,1H3,(H,26,29)(H,27,28)/t16-,23-/m0/s1. The van der Waals surface area contributed by atoms with Crippen molar-refractivity contribution in [2.45, 2.75) is 23.7 Å². The Balaban J connectivity index is 1.42.